The predicted molar refractivity (Wildman–Crippen MR) is 80.3 cm³/mol. The van der Waals surface area contributed by atoms with Crippen molar-refractivity contribution in [1.29, 1.82) is 0 Å². The monoisotopic (exact) mass is 276 g/mol. The van der Waals surface area contributed by atoms with Crippen molar-refractivity contribution in [2.75, 3.05) is 26.2 Å². The Hall–Kier alpha value is -0.930. The van der Waals surface area contributed by atoms with Crippen molar-refractivity contribution in [1.82, 2.24) is 10.2 Å². The van der Waals surface area contributed by atoms with Crippen LogP contribution in [0.1, 0.15) is 31.7 Å². The fourth-order valence-corrected chi connectivity index (χ4v) is 3.29. The maximum atomic E-state index is 13.2. The molecule has 0 spiro atoms. The molecule has 1 aliphatic carbocycles. The van der Waals surface area contributed by atoms with Crippen LogP contribution in [0.15, 0.2) is 24.3 Å². The van der Waals surface area contributed by atoms with E-state index in [1.54, 1.807) is 6.07 Å². The number of rotatable bonds is 6. The van der Waals surface area contributed by atoms with Crippen LogP contribution in [0.5, 0.6) is 0 Å². The van der Waals surface area contributed by atoms with Gasteiger partial charge < -0.3 is 5.32 Å². The Morgan fingerprint density at radius 2 is 2.25 bits per heavy atom. The number of nitrogens with zero attached hydrogens (tertiary/aromatic N) is 1. The van der Waals surface area contributed by atoms with Crippen molar-refractivity contribution < 1.29 is 4.39 Å². The molecule has 110 valence electrons. The number of hydrogen-bond donors (Lipinski definition) is 1. The summed E-state index contributed by atoms with van der Waals surface area (Å²) in [5, 5.41) is 3.48. The number of halogens is 1. The van der Waals surface area contributed by atoms with Gasteiger partial charge in [0.25, 0.3) is 0 Å². The van der Waals surface area contributed by atoms with Crippen LogP contribution in [-0.4, -0.2) is 37.1 Å². The number of hydrogen-bond acceptors (Lipinski definition) is 2. The smallest absolute Gasteiger partial charge is 0.123 e. The van der Waals surface area contributed by atoms with Crippen molar-refractivity contribution in [3.05, 3.63) is 35.6 Å². The fraction of sp³-hybridized carbons (Fsp3) is 0.647. The first kappa shape index (κ1) is 14.0. The van der Waals surface area contributed by atoms with Crippen molar-refractivity contribution in [3.63, 3.8) is 0 Å². The van der Waals surface area contributed by atoms with Crippen LogP contribution >= 0.6 is 0 Å². The molecule has 1 aromatic rings. The van der Waals surface area contributed by atoms with Crippen LogP contribution in [-0.2, 0) is 6.42 Å². The second kappa shape index (κ2) is 5.82. The molecule has 2 nitrogen and oxygen atoms in total. The third kappa shape index (κ3) is 3.58. The van der Waals surface area contributed by atoms with Gasteiger partial charge in [-0.3, -0.25) is 4.90 Å². The minimum absolute atomic E-state index is 0.118. The van der Waals surface area contributed by atoms with Gasteiger partial charge in [-0.2, -0.15) is 0 Å². The van der Waals surface area contributed by atoms with Gasteiger partial charge in [0.1, 0.15) is 5.82 Å². The number of nitrogens with one attached hydrogen (secondary N) is 1. The summed E-state index contributed by atoms with van der Waals surface area (Å²) in [7, 11) is 0. The second-order valence-electron chi connectivity index (χ2n) is 6.82. The molecule has 20 heavy (non-hydrogen) atoms. The molecule has 1 unspecified atom stereocenters. The lowest BCUT2D eigenvalue weighted by atomic mass is 9.89. The van der Waals surface area contributed by atoms with E-state index >= 15 is 0 Å². The normalized spacial score (nSPS) is 26.4. The van der Waals surface area contributed by atoms with E-state index in [-0.39, 0.29) is 5.82 Å². The van der Waals surface area contributed by atoms with E-state index in [0.29, 0.717) is 5.41 Å². The summed E-state index contributed by atoms with van der Waals surface area (Å²) in [5.41, 5.74) is 1.54. The first-order valence-corrected chi connectivity index (χ1v) is 7.84. The Balaban J connectivity index is 1.57. The molecule has 1 heterocycles. The Bertz CT molecular complexity index is 450. The van der Waals surface area contributed by atoms with Crippen LogP contribution in [0.25, 0.3) is 0 Å². The van der Waals surface area contributed by atoms with Crippen LogP contribution < -0.4 is 5.32 Å². The van der Waals surface area contributed by atoms with Gasteiger partial charge in [-0.15, -0.1) is 0 Å². The molecule has 1 aliphatic heterocycles. The first-order valence-electron chi connectivity index (χ1n) is 7.84. The SMILES string of the molecule is CC1(CN(CCc2cccc(F)c2)C2CC2)CCNC1. The summed E-state index contributed by atoms with van der Waals surface area (Å²) < 4.78 is 13.2. The van der Waals surface area contributed by atoms with Gasteiger partial charge in [-0.25, -0.2) is 4.39 Å². The Morgan fingerprint density at radius 1 is 1.40 bits per heavy atom. The molecule has 0 aromatic heterocycles. The molecule has 0 amide bonds. The Kier molecular flexibility index (Phi) is 4.08. The predicted octanol–water partition coefficient (Wildman–Crippen LogP) is 2.83. The molecule has 1 saturated heterocycles. The standard InChI is InChI=1S/C17H25FN2/c1-17(8-9-19-12-17)13-20(16-5-6-16)10-7-14-3-2-4-15(18)11-14/h2-4,11,16,19H,5-10,12-13H2,1H3. The van der Waals surface area contributed by atoms with Crippen molar-refractivity contribution in [3.8, 4) is 0 Å². The zero-order valence-corrected chi connectivity index (χ0v) is 12.4. The summed E-state index contributed by atoms with van der Waals surface area (Å²) in [4.78, 5) is 2.64. The fourth-order valence-electron chi connectivity index (χ4n) is 3.29. The van der Waals surface area contributed by atoms with E-state index in [1.165, 1.54) is 31.9 Å². The van der Waals surface area contributed by atoms with E-state index in [1.807, 2.05) is 12.1 Å². The highest BCUT2D eigenvalue weighted by Gasteiger charge is 2.36. The number of benzene rings is 1. The first-order chi connectivity index (χ1) is 9.65. The lowest BCUT2D eigenvalue weighted by Crippen LogP contribution is -2.39. The van der Waals surface area contributed by atoms with Gasteiger partial charge in [-0.1, -0.05) is 19.1 Å². The molecule has 1 N–H and O–H groups in total. The molecular weight excluding hydrogens is 251 g/mol. The van der Waals surface area contributed by atoms with Gasteiger partial charge in [0.15, 0.2) is 0 Å². The third-order valence-corrected chi connectivity index (χ3v) is 4.68. The zero-order chi connectivity index (χ0) is 14.0. The van der Waals surface area contributed by atoms with Crippen LogP contribution in [0.3, 0.4) is 0 Å². The van der Waals surface area contributed by atoms with E-state index in [9.17, 15) is 4.39 Å². The molecule has 1 atom stereocenters. The maximum absolute atomic E-state index is 13.2. The topological polar surface area (TPSA) is 15.3 Å². The largest absolute Gasteiger partial charge is 0.316 e. The molecule has 3 heteroatoms. The van der Waals surface area contributed by atoms with Gasteiger partial charge in [0.2, 0.25) is 0 Å². The molecule has 1 aromatic carbocycles. The average Bonchev–Trinajstić information content (AvgIpc) is 3.18. The minimum atomic E-state index is -0.118. The molecule has 2 aliphatic rings. The van der Waals surface area contributed by atoms with Crippen molar-refractivity contribution in [2.24, 2.45) is 5.41 Å². The highest BCUT2D eigenvalue weighted by atomic mass is 19.1. The van der Waals surface area contributed by atoms with Crippen molar-refractivity contribution in [2.45, 2.75) is 38.6 Å². The second-order valence-corrected chi connectivity index (χ2v) is 6.82. The van der Waals surface area contributed by atoms with Gasteiger partial charge in [-0.05, 0) is 55.3 Å². The molecule has 1 saturated carbocycles. The van der Waals surface area contributed by atoms with Gasteiger partial charge in [0.05, 0.1) is 0 Å². The summed E-state index contributed by atoms with van der Waals surface area (Å²) in [6, 6.07) is 7.82. The lowest BCUT2D eigenvalue weighted by molar-refractivity contribution is 0.171. The molecule has 2 fully saturated rings. The average molecular weight is 276 g/mol. The summed E-state index contributed by atoms with van der Waals surface area (Å²) in [6.45, 7) is 6.92. The zero-order valence-electron chi connectivity index (χ0n) is 12.4. The van der Waals surface area contributed by atoms with E-state index in [2.05, 4.69) is 17.1 Å². The maximum Gasteiger partial charge on any atom is 0.123 e. The molecular formula is C17H25FN2. The summed E-state index contributed by atoms with van der Waals surface area (Å²) >= 11 is 0. The minimum Gasteiger partial charge on any atom is -0.316 e. The van der Waals surface area contributed by atoms with Crippen LogP contribution in [0.2, 0.25) is 0 Å². The quantitative estimate of drug-likeness (QED) is 0.859. The van der Waals surface area contributed by atoms with Crippen molar-refractivity contribution >= 4 is 0 Å². The van der Waals surface area contributed by atoms with E-state index < -0.39 is 0 Å². The highest BCUT2D eigenvalue weighted by Crippen LogP contribution is 2.33. The highest BCUT2D eigenvalue weighted by molar-refractivity contribution is 5.16. The van der Waals surface area contributed by atoms with Gasteiger partial charge >= 0.3 is 0 Å². The third-order valence-electron chi connectivity index (χ3n) is 4.68. The molecule has 0 bridgehead atoms. The lowest BCUT2D eigenvalue weighted by Gasteiger charge is -2.32. The summed E-state index contributed by atoms with van der Waals surface area (Å²) in [5.74, 6) is -0.118. The Labute approximate surface area is 121 Å². The Morgan fingerprint density at radius 3 is 2.90 bits per heavy atom. The summed E-state index contributed by atoms with van der Waals surface area (Å²) in [6.07, 6.45) is 4.91. The van der Waals surface area contributed by atoms with E-state index in [4.69, 9.17) is 0 Å². The van der Waals surface area contributed by atoms with Crippen LogP contribution in [0, 0.1) is 11.2 Å². The molecule has 0 radical (unpaired) electrons. The van der Waals surface area contributed by atoms with Crippen LogP contribution in [0.4, 0.5) is 4.39 Å². The van der Waals surface area contributed by atoms with Gasteiger partial charge in [0, 0.05) is 25.7 Å². The molecule has 3 rings (SSSR count). The van der Waals surface area contributed by atoms with E-state index in [0.717, 1.165) is 37.7 Å².